The predicted octanol–water partition coefficient (Wildman–Crippen LogP) is 3.10. The van der Waals surface area contributed by atoms with Crippen LogP contribution in [0.4, 0.5) is 19.2 Å². The molecule has 1 amide bonds. The molecule has 30 heavy (non-hydrogen) atoms. The quantitative estimate of drug-likeness (QED) is 0.492. The number of aliphatic hydroxyl groups is 1. The van der Waals surface area contributed by atoms with Gasteiger partial charge in [0.1, 0.15) is 19.0 Å². The lowest BCUT2D eigenvalue weighted by Crippen LogP contribution is -2.43. The van der Waals surface area contributed by atoms with Crippen LogP contribution in [0.2, 0.25) is 0 Å². The summed E-state index contributed by atoms with van der Waals surface area (Å²) in [6.07, 6.45) is -0.0851. The van der Waals surface area contributed by atoms with E-state index in [2.05, 4.69) is 15.3 Å². The molecule has 0 spiro atoms. The molecule has 158 valence electrons. The Bertz CT molecular complexity index is 935. The van der Waals surface area contributed by atoms with Crippen molar-refractivity contribution in [2.75, 3.05) is 12.0 Å². The number of alkyl halides is 3. The zero-order valence-corrected chi connectivity index (χ0v) is 15.6. The van der Waals surface area contributed by atoms with Gasteiger partial charge in [-0.25, -0.2) is 9.37 Å². The van der Waals surface area contributed by atoms with Crippen LogP contribution in [0.5, 0.6) is 0 Å². The molecule has 0 fully saturated rings. The third-order valence-electron chi connectivity index (χ3n) is 4.34. The molecule has 0 saturated carbocycles. The average molecular weight is 420 g/mol. The van der Waals surface area contributed by atoms with Crippen molar-refractivity contribution in [3.8, 4) is 11.1 Å². The van der Waals surface area contributed by atoms with Crippen LogP contribution in [0.1, 0.15) is 17.4 Å². The molecule has 0 radical (unpaired) electrons. The second-order valence-corrected chi connectivity index (χ2v) is 6.37. The third kappa shape index (κ3) is 5.35. The van der Waals surface area contributed by atoms with E-state index in [1.165, 1.54) is 24.6 Å². The van der Waals surface area contributed by atoms with E-state index in [9.17, 15) is 23.1 Å². The number of hydrogen-bond acceptors (Lipinski definition) is 6. The highest BCUT2D eigenvalue weighted by molar-refractivity contribution is 5.79. The van der Waals surface area contributed by atoms with Gasteiger partial charge >= 0.3 is 6.43 Å². The molecule has 1 aromatic carbocycles. The van der Waals surface area contributed by atoms with Gasteiger partial charge in [-0.05, 0) is 17.2 Å². The smallest absolute Gasteiger partial charge is 0.315 e. The Kier molecular flexibility index (Phi) is 7.02. The van der Waals surface area contributed by atoms with Gasteiger partial charge < -0.3 is 20.2 Å². The van der Waals surface area contributed by atoms with Crippen LogP contribution in [0, 0.1) is 0 Å². The second kappa shape index (κ2) is 9.88. The molecular weight excluding hydrogens is 401 g/mol. The largest absolute Gasteiger partial charge is 0.432 e. The molecule has 2 atom stereocenters. The summed E-state index contributed by atoms with van der Waals surface area (Å²) in [7, 11) is 0. The van der Waals surface area contributed by atoms with E-state index < -0.39 is 31.2 Å². The van der Waals surface area contributed by atoms with Gasteiger partial charge in [0.25, 0.3) is 11.9 Å². The summed E-state index contributed by atoms with van der Waals surface area (Å²) >= 11 is 0. The zero-order valence-electron chi connectivity index (χ0n) is 15.6. The zero-order chi connectivity index (χ0) is 21.5. The second-order valence-electron chi connectivity index (χ2n) is 6.37. The Balaban J connectivity index is 1.63. The number of anilines is 1. The standard InChI is InChI=1S/C20H19F3N4O3/c21-9-16(27-19(29)18(22)23)17(28)13-3-1-12(2-4-13)14-5-6-15(25-10-14)11-26-20-24-7-8-30-20/h1-8,10,16-18,28H,9,11H2,(H,24,26)(H,27,29)/t16-,17-/m1/s1. The number of amides is 1. The Morgan fingerprint density at radius 1 is 1.10 bits per heavy atom. The van der Waals surface area contributed by atoms with Crippen LogP contribution in [0.25, 0.3) is 11.1 Å². The van der Waals surface area contributed by atoms with E-state index in [0.717, 1.165) is 16.8 Å². The van der Waals surface area contributed by atoms with Crippen molar-refractivity contribution in [1.82, 2.24) is 15.3 Å². The average Bonchev–Trinajstić information content (AvgIpc) is 3.29. The molecule has 3 rings (SSSR count). The maximum atomic E-state index is 13.1. The summed E-state index contributed by atoms with van der Waals surface area (Å²) in [5.41, 5.74) is 2.66. The normalized spacial score (nSPS) is 13.1. The maximum Gasteiger partial charge on any atom is 0.315 e. The number of carbonyl (C=O) groups excluding carboxylic acids is 1. The van der Waals surface area contributed by atoms with Crippen LogP contribution in [0.3, 0.4) is 0 Å². The van der Waals surface area contributed by atoms with Crippen molar-refractivity contribution >= 4 is 11.9 Å². The number of halogens is 3. The molecule has 2 heterocycles. The van der Waals surface area contributed by atoms with E-state index in [1.807, 2.05) is 12.1 Å². The first-order chi connectivity index (χ1) is 14.5. The fourth-order valence-corrected chi connectivity index (χ4v) is 2.73. The minimum Gasteiger partial charge on any atom is -0.432 e. The molecule has 0 aliphatic carbocycles. The molecule has 0 saturated heterocycles. The first-order valence-corrected chi connectivity index (χ1v) is 8.99. The number of carbonyl (C=O) groups is 1. The van der Waals surface area contributed by atoms with Crippen LogP contribution in [-0.2, 0) is 11.3 Å². The van der Waals surface area contributed by atoms with Gasteiger partial charge in [0, 0.05) is 11.8 Å². The monoisotopic (exact) mass is 420 g/mol. The van der Waals surface area contributed by atoms with E-state index in [1.54, 1.807) is 23.6 Å². The van der Waals surface area contributed by atoms with E-state index in [-0.39, 0.29) is 5.56 Å². The lowest BCUT2D eigenvalue weighted by atomic mass is 9.99. The first kappa shape index (κ1) is 21.3. The Hall–Kier alpha value is -3.40. The lowest BCUT2D eigenvalue weighted by molar-refractivity contribution is -0.133. The number of aliphatic hydroxyl groups excluding tert-OH is 1. The van der Waals surface area contributed by atoms with Crippen molar-refractivity contribution in [3.05, 3.63) is 66.3 Å². The molecular formula is C20H19F3N4O3. The van der Waals surface area contributed by atoms with Gasteiger partial charge in [-0.3, -0.25) is 9.78 Å². The number of hydrogen-bond donors (Lipinski definition) is 3. The van der Waals surface area contributed by atoms with Crippen molar-refractivity contribution in [3.63, 3.8) is 0 Å². The molecule has 0 aliphatic rings. The predicted molar refractivity (Wildman–Crippen MR) is 102 cm³/mol. The van der Waals surface area contributed by atoms with Crippen LogP contribution >= 0.6 is 0 Å². The van der Waals surface area contributed by atoms with Crippen LogP contribution in [-0.4, -0.2) is 40.1 Å². The summed E-state index contributed by atoms with van der Waals surface area (Å²) in [4.78, 5) is 19.4. The Morgan fingerprint density at radius 2 is 1.83 bits per heavy atom. The van der Waals surface area contributed by atoms with Crippen molar-refractivity contribution in [1.29, 1.82) is 0 Å². The summed E-state index contributed by atoms with van der Waals surface area (Å²) in [6, 6.07) is 9.06. The van der Waals surface area contributed by atoms with Crippen LogP contribution in [0.15, 0.2) is 59.5 Å². The van der Waals surface area contributed by atoms with Crippen molar-refractivity contribution in [2.24, 2.45) is 0 Å². The molecule has 2 aromatic heterocycles. The number of oxazole rings is 1. The Morgan fingerprint density at radius 3 is 2.40 bits per heavy atom. The molecule has 0 unspecified atom stereocenters. The third-order valence-corrected chi connectivity index (χ3v) is 4.34. The van der Waals surface area contributed by atoms with Gasteiger partial charge in [0.2, 0.25) is 0 Å². The number of pyridine rings is 1. The summed E-state index contributed by atoms with van der Waals surface area (Å²) in [5, 5.41) is 15.0. The van der Waals surface area contributed by atoms with Gasteiger partial charge in [0.05, 0.1) is 24.5 Å². The number of nitrogens with one attached hydrogen (secondary N) is 2. The number of nitrogens with zero attached hydrogens (tertiary/aromatic N) is 2. The minimum atomic E-state index is -3.28. The summed E-state index contributed by atoms with van der Waals surface area (Å²) < 4.78 is 42.9. The number of benzene rings is 1. The van der Waals surface area contributed by atoms with E-state index >= 15 is 0 Å². The number of rotatable bonds is 9. The fraction of sp³-hybridized carbons (Fsp3) is 0.250. The molecule has 3 aromatic rings. The summed E-state index contributed by atoms with van der Waals surface area (Å²) in [5.74, 6) is -1.63. The van der Waals surface area contributed by atoms with Crippen molar-refractivity contribution in [2.45, 2.75) is 25.1 Å². The highest BCUT2D eigenvalue weighted by atomic mass is 19.3. The van der Waals surface area contributed by atoms with Crippen molar-refractivity contribution < 1.29 is 27.5 Å². The van der Waals surface area contributed by atoms with Gasteiger partial charge in [-0.15, -0.1) is 0 Å². The SMILES string of the molecule is O=C(N[C@H](CF)[C@H](O)c1ccc(-c2ccc(CNc3ncco3)nc2)cc1)C(F)F. The van der Waals surface area contributed by atoms with Gasteiger partial charge in [-0.1, -0.05) is 30.3 Å². The highest BCUT2D eigenvalue weighted by Crippen LogP contribution is 2.24. The lowest BCUT2D eigenvalue weighted by Gasteiger charge is -2.22. The fourth-order valence-electron chi connectivity index (χ4n) is 2.73. The van der Waals surface area contributed by atoms with Gasteiger partial charge in [0.15, 0.2) is 0 Å². The van der Waals surface area contributed by atoms with Gasteiger partial charge in [-0.2, -0.15) is 8.78 Å². The van der Waals surface area contributed by atoms with E-state index in [4.69, 9.17) is 4.42 Å². The topological polar surface area (TPSA) is 100 Å². The highest BCUT2D eigenvalue weighted by Gasteiger charge is 2.26. The minimum absolute atomic E-state index is 0.288. The molecule has 3 N–H and O–H groups in total. The molecule has 10 heteroatoms. The molecule has 0 aliphatic heterocycles. The summed E-state index contributed by atoms with van der Waals surface area (Å²) in [6.45, 7) is -0.755. The Labute approximate surface area is 170 Å². The first-order valence-electron chi connectivity index (χ1n) is 8.99. The molecule has 0 bridgehead atoms. The molecule has 7 nitrogen and oxygen atoms in total. The maximum absolute atomic E-state index is 13.1. The van der Waals surface area contributed by atoms with E-state index in [0.29, 0.717) is 12.6 Å². The van der Waals surface area contributed by atoms with Crippen LogP contribution < -0.4 is 10.6 Å². The number of aromatic nitrogens is 2.